The van der Waals surface area contributed by atoms with Crippen LogP contribution in [0.1, 0.15) is 40.0 Å². The largest absolute Gasteiger partial charge is 0.313 e. The maximum atomic E-state index is 12.4. The molecule has 1 saturated heterocycles. The van der Waals surface area contributed by atoms with Crippen molar-refractivity contribution in [3.63, 3.8) is 0 Å². The predicted octanol–water partition coefficient (Wildman–Crippen LogP) is 1.43. The van der Waals surface area contributed by atoms with E-state index in [0.29, 0.717) is 37.5 Å². The van der Waals surface area contributed by atoms with Gasteiger partial charge in [0.05, 0.1) is 5.25 Å². The molecule has 0 aromatic heterocycles. The van der Waals surface area contributed by atoms with E-state index in [4.69, 9.17) is 0 Å². The summed E-state index contributed by atoms with van der Waals surface area (Å²) in [5.41, 5.74) is 0. The quantitative estimate of drug-likeness (QED) is 0.797. The summed E-state index contributed by atoms with van der Waals surface area (Å²) in [6.07, 6.45) is 3.41. The SMILES string of the molecule is CC(C)C1CCN(S(=O)(=O)C(C)CNC2CC2)C1. The zero-order valence-corrected chi connectivity index (χ0v) is 12.5. The molecule has 2 unspecified atom stereocenters. The van der Waals surface area contributed by atoms with Crippen LogP contribution in [0.25, 0.3) is 0 Å². The highest BCUT2D eigenvalue weighted by molar-refractivity contribution is 7.89. The van der Waals surface area contributed by atoms with Crippen LogP contribution in [0.15, 0.2) is 0 Å². The molecule has 1 saturated carbocycles. The third kappa shape index (κ3) is 3.25. The van der Waals surface area contributed by atoms with Gasteiger partial charge < -0.3 is 5.32 Å². The summed E-state index contributed by atoms with van der Waals surface area (Å²) in [6, 6.07) is 0.574. The van der Waals surface area contributed by atoms with Crippen molar-refractivity contribution in [3.8, 4) is 0 Å². The monoisotopic (exact) mass is 274 g/mol. The molecule has 1 N–H and O–H groups in total. The molecule has 0 aromatic carbocycles. The van der Waals surface area contributed by atoms with E-state index in [2.05, 4.69) is 19.2 Å². The van der Waals surface area contributed by atoms with Crippen LogP contribution in [0.4, 0.5) is 0 Å². The zero-order valence-electron chi connectivity index (χ0n) is 11.7. The summed E-state index contributed by atoms with van der Waals surface area (Å²) >= 11 is 0. The van der Waals surface area contributed by atoms with Crippen molar-refractivity contribution < 1.29 is 8.42 Å². The van der Waals surface area contributed by atoms with E-state index in [1.54, 1.807) is 4.31 Å². The fraction of sp³-hybridized carbons (Fsp3) is 1.00. The minimum Gasteiger partial charge on any atom is -0.313 e. The van der Waals surface area contributed by atoms with Gasteiger partial charge in [-0.25, -0.2) is 12.7 Å². The summed E-state index contributed by atoms with van der Waals surface area (Å²) in [5, 5.41) is 3.01. The van der Waals surface area contributed by atoms with Crippen molar-refractivity contribution in [2.45, 2.75) is 51.3 Å². The van der Waals surface area contributed by atoms with Crippen LogP contribution in [0.2, 0.25) is 0 Å². The van der Waals surface area contributed by atoms with Crippen molar-refractivity contribution in [2.24, 2.45) is 11.8 Å². The van der Waals surface area contributed by atoms with Gasteiger partial charge in [0, 0.05) is 25.7 Å². The van der Waals surface area contributed by atoms with Crippen LogP contribution in [-0.2, 0) is 10.0 Å². The Labute approximate surface area is 111 Å². The Morgan fingerprint density at radius 1 is 1.22 bits per heavy atom. The highest BCUT2D eigenvalue weighted by atomic mass is 32.2. The average molecular weight is 274 g/mol. The third-order valence-electron chi connectivity index (χ3n) is 4.27. The second kappa shape index (κ2) is 5.47. The summed E-state index contributed by atoms with van der Waals surface area (Å²) in [6.45, 7) is 8.20. The Hall–Kier alpha value is -0.130. The Balaban J connectivity index is 1.89. The Kier molecular flexibility index (Phi) is 4.34. The highest BCUT2D eigenvalue weighted by Gasteiger charge is 2.36. The minimum absolute atomic E-state index is 0.302. The summed E-state index contributed by atoms with van der Waals surface area (Å²) < 4.78 is 26.5. The number of nitrogens with zero attached hydrogens (tertiary/aromatic N) is 1. The van der Waals surface area contributed by atoms with Crippen LogP contribution < -0.4 is 5.32 Å². The fourth-order valence-corrected chi connectivity index (χ4v) is 4.08. The van der Waals surface area contributed by atoms with Gasteiger partial charge in [-0.1, -0.05) is 13.8 Å². The molecule has 4 nitrogen and oxygen atoms in total. The average Bonchev–Trinajstić information content (AvgIpc) is 2.98. The first-order chi connectivity index (χ1) is 8.41. The van der Waals surface area contributed by atoms with Gasteiger partial charge in [-0.05, 0) is 38.0 Å². The summed E-state index contributed by atoms with van der Waals surface area (Å²) in [5.74, 6) is 1.11. The molecule has 5 heteroatoms. The highest BCUT2D eigenvalue weighted by Crippen LogP contribution is 2.27. The fourth-order valence-electron chi connectivity index (χ4n) is 2.51. The molecule has 0 aromatic rings. The maximum absolute atomic E-state index is 12.4. The van der Waals surface area contributed by atoms with Crippen molar-refractivity contribution in [3.05, 3.63) is 0 Å². The normalized spacial score (nSPS) is 27.9. The van der Waals surface area contributed by atoms with Crippen molar-refractivity contribution in [2.75, 3.05) is 19.6 Å². The zero-order chi connectivity index (χ0) is 13.3. The summed E-state index contributed by atoms with van der Waals surface area (Å²) in [7, 11) is -3.10. The van der Waals surface area contributed by atoms with Crippen molar-refractivity contribution >= 4 is 10.0 Å². The third-order valence-corrected chi connectivity index (χ3v) is 6.50. The lowest BCUT2D eigenvalue weighted by Gasteiger charge is -2.22. The van der Waals surface area contributed by atoms with Crippen LogP contribution in [0, 0.1) is 11.8 Å². The van der Waals surface area contributed by atoms with Crippen LogP contribution in [-0.4, -0.2) is 43.6 Å². The molecule has 2 rings (SSSR count). The first kappa shape index (κ1) is 14.3. The first-order valence-electron chi connectivity index (χ1n) is 7.13. The predicted molar refractivity (Wildman–Crippen MR) is 73.9 cm³/mol. The van der Waals surface area contributed by atoms with E-state index in [9.17, 15) is 8.42 Å². The lowest BCUT2D eigenvalue weighted by Crippen LogP contribution is -2.41. The van der Waals surface area contributed by atoms with E-state index in [1.165, 1.54) is 12.8 Å². The lowest BCUT2D eigenvalue weighted by molar-refractivity contribution is 0.386. The van der Waals surface area contributed by atoms with Crippen LogP contribution in [0.3, 0.4) is 0 Å². The van der Waals surface area contributed by atoms with Gasteiger partial charge in [-0.15, -0.1) is 0 Å². The Morgan fingerprint density at radius 3 is 2.39 bits per heavy atom. The van der Waals surface area contributed by atoms with Gasteiger partial charge in [-0.3, -0.25) is 0 Å². The molecule has 2 fully saturated rings. The van der Waals surface area contributed by atoms with E-state index < -0.39 is 10.0 Å². The molecule has 1 aliphatic carbocycles. The Bertz CT molecular complexity index is 376. The molecule has 0 amide bonds. The molecule has 106 valence electrons. The molecule has 2 aliphatic rings. The second-order valence-corrected chi connectivity index (χ2v) is 8.54. The summed E-state index contributed by atoms with van der Waals surface area (Å²) in [4.78, 5) is 0. The molecule has 0 spiro atoms. The van der Waals surface area contributed by atoms with E-state index in [-0.39, 0.29) is 5.25 Å². The standard InChI is InChI=1S/C13H26N2O2S/c1-10(2)12-6-7-15(9-12)18(16,17)11(3)8-14-13-4-5-13/h10-14H,4-9H2,1-3H3. The van der Waals surface area contributed by atoms with Gasteiger partial charge in [0.15, 0.2) is 0 Å². The molecule has 0 bridgehead atoms. The molecular weight excluding hydrogens is 248 g/mol. The number of hydrogen-bond donors (Lipinski definition) is 1. The topological polar surface area (TPSA) is 49.4 Å². The second-order valence-electron chi connectivity index (χ2n) is 6.19. The van der Waals surface area contributed by atoms with Gasteiger partial charge in [-0.2, -0.15) is 0 Å². The van der Waals surface area contributed by atoms with E-state index in [0.717, 1.165) is 6.42 Å². The number of hydrogen-bond acceptors (Lipinski definition) is 3. The van der Waals surface area contributed by atoms with Crippen LogP contribution in [0.5, 0.6) is 0 Å². The van der Waals surface area contributed by atoms with Gasteiger partial charge in [0.1, 0.15) is 0 Å². The molecule has 0 radical (unpaired) electrons. The molecular formula is C13H26N2O2S. The number of rotatable bonds is 6. The first-order valence-corrected chi connectivity index (χ1v) is 8.64. The van der Waals surface area contributed by atoms with Gasteiger partial charge >= 0.3 is 0 Å². The lowest BCUT2D eigenvalue weighted by atomic mass is 9.96. The van der Waals surface area contributed by atoms with E-state index >= 15 is 0 Å². The molecule has 2 atom stereocenters. The van der Waals surface area contributed by atoms with Crippen molar-refractivity contribution in [1.29, 1.82) is 0 Å². The smallest absolute Gasteiger partial charge is 0.217 e. The maximum Gasteiger partial charge on any atom is 0.217 e. The Morgan fingerprint density at radius 2 is 1.89 bits per heavy atom. The van der Waals surface area contributed by atoms with Crippen molar-refractivity contribution in [1.82, 2.24) is 9.62 Å². The molecule has 1 aliphatic heterocycles. The molecule has 1 heterocycles. The molecule has 18 heavy (non-hydrogen) atoms. The minimum atomic E-state index is -3.10. The van der Waals surface area contributed by atoms with Crippen LogP contribution >= 0.6 is 0 Å². The number of nitrogens with one attached hydrogen (secondary N) is 1. The van der Waals surface area contributed by atoms with E-state index in [1.807, 2.05) is 6.92 Å². The van der Waals surface area contributed by atoms with Gasteiger partial charge in [0.2, 0.25) is 10.0 Å². The van der Waals surface area contributed by atoms with Gasteiger partial charge in [0.25, 0.3) is 0 Å². The number of sulfonamides is 1.